The number of fused-ring (bicyclic) bond motifs is 2. The van der Waals surface area contributed by atoms with Crippen molar-refractivity contribution in [2.24, 2.45) is 11.3 Å². The highest BCUT2D eigenvalue weighted by atomic mass is 19.4. The highest BCUT2D eigenvalue weighted by Gasteiger charge is 2.56. The van der Waals surface area contributed by atoms with Gasteiger partial charge in [0.15, 0.2) is 0 Å². The molecule has 0 aromatic heterocycles. The van der Waals surface area contributed by atoms with E-state index in [-0.39, 0.29) is 31.2 Å². The zero-order chi connectivity index (χ0) is 30.9. The summed E-state index contributed by atoms with van der Waals surface area (Å²) >= 11 is 0. The van der Waals surface area contributed by atoms with Gasteiger partial charge in [0.25, 0.3) is 12.5 Å². The molecule has 4 amide bonds. The van der Waals surface area contributed by atoms with Crippen molar-refractivity contribution in [1.82, 2.24) is 15.5 Å². The standard InChI is InChI=1S/C30H38F3N5O4/c1-28(2,3)24(37-27(42)30(31,32)33)25(40)36-21(14-18-10-6-5-7-11-18)26(41)38-17-29(15-22(38)34-4)16-23(39)35-20-13-9-8-12-19(20)29/h4,8-9,12-13,18,21-22,24H,5-7,10-11,14-17H2,1-3H3,(H2-,35,36,37,39,40,42)/p+1/t21?,22-,24+,29-/m0/s1. The number of rotatable bonds is 6. The van der Waals surface area contributed by atoms with Gasteiger partial charge in [-0.3, -0.25) is 24.1 Å². The first-order valence-corrected chi connectivity index (χ1v) is 14.4. The summed E-state index contributed by atoms with van der Waals surface area (Å²) < 4.78 is 39.3. The Hall–Kier alpha value is -3.62. The summed E-state index contributed by atoms with van der Waals surface area (Å²) in [6, 6.07) is 4.71. The molecule has 228 valence electrons. The van der Waals surface area contributed by atoms with Crippen LogP contribution in [0.2, 0.25) is 0 Å². The second kappa shape index (κ2) is 11.9. The molecule has 2 aliphatic heterocycles. The number of anilines is 1. The molecular weight excluding hydrogens is 551 g/mol. The van der Waals surface area contributed by atoms with Gasteiger partial charge in [0, 0.05) is 24.1 Å². The first-order valence-electron chi connectivity index (χ1n) is 14.4. The molecule has 0 radical (unpaired) electrons. The Labute approximate surface area is 243 Å². The van der Waals surface area contributed by atoms with Crippen molar-refractivity contribution in [2.45, 2.75) is 102 Å². The number of nitrogens with zero attached hydrogens (tertiary/aromatic N) is 2. The third kappa shape index (κ3) is 6.71. The Morgan fingerprint density at radius 2 is 1.79 bits per heavy atom. The predicted octanol–water partition coefficient (Wildman–Crippen LogP) is 4.34. The Morgan fingerprint density at radius 1 is 1.12 bits per heavy atom. The van der Waals surface area contributed by atoms with Gasteiger partial charge < -0.3 is 16.0 Å². The maximum atomic E-state index is 14.2. The molecule has 42 heavy (non-hydrogen) atoms. The lowest BCUT2D eigenvalue weighted by Crippen LogP contribution is -2.60. The molecular formula is C30H39F3N5O4+. The molecule has 9 nitrogen and oxygen atoms in total. The molecule has 4 rings (SSSR count). The van der Waals surface area contributed by atoms with Crippen LogP contribution in [0.5, 0.6) is 0 Å². The number of para-hydroxylation sites is 1. The van der Waals surface area contributed by atoms with E-state index in [1.165, 1.54) is 25.7 Å². The molecule has 2 heterocycles. The van der Waals surface area contributed by atoms with E-state index in [9.17, 15) is 32.3 Å². The summed E-state index contributed by atoms with van der Waals surface area (Å²) in [4.78, 5) is 57.7. The highest BCUT2D eigenvalue weighted by molar-refractivity contribution is 5.97. The Balaban J connectivity index is 1.63. The van der Waals surface area contributed by atoms with E-state index in [1.54, 1.807) is 12.1 Å². The van der Waals surface area contributed by atoms with Gasteiger partial charge in [-0.05, 0) is 29.4 Å². The van der Waals surface area contributed by atoms with E-state index in [0.717, 1.165) is 37.7 Å². The SMILES string of the molecule is C#[N+][C@@H]1C[C@]2(CC(=O)Nc3ccccc32)CN1C(=O)C(CC1CCCCC1)NC(=O)[C@@H](NC(=O)C(F)(F)F)C(C)(C)C. The number of likely N-dealkylation sites (tertiary alicyclic amines) is 1. The lowest BCUT2D eigenvalue weighted by Gasteiger charge is -2.35. The average Bonchev–Trinajstić information content (AvgIpc) is 3.28. The maximum Gasteiger partial charge on any atom is 0.471 e. The van der Waals surface area contributed by atoms with Crippen molar-refractivity contribution >= 4 is 29.3 Å². The number of alkyl halides is 3. The first kappa shape index (κ1) is 31.3. The van der Waals surface area contributed by atoms with E-state index in [0.29, 0.717) is 12.1 Å². The third-order valence-electron chi connectivity index (χ3n) is 8.70. The molecule has 0 bridgehead atoms. The number of halogens is 3. The molecule has 1 saturated carbocycles. The molecule has 1 aromatic rings. The van der Waals surface area contributed by atoms with Crippen molar-refractivity contribution in [3.05, 3.63) is 34.7 Å². The zero-order valence-electron chi connectivity index (χ0n) is 24.2. The number of amides is 4. The van der Waals surface area contributed by atoms with Gasteiger partial charge in [0.05, 0.1) is 6.42 Å². The molecule has 2 fully saturated rings. The summed E-state index contributed by atoms with van der Waals surface area (Å²) in [5.74, 6) is -3.66. The molecule has 12 heteroatoms. The Kier molecular flexibility index (Phi) is 8.90. The second-order valence-corrected chi connectivity index (χ2v) is 12.9. The van der Waals surface area contributed by atoms with Crippen molar-refractivity contribution in [2.75, 3.05) is 11.9 Å². The van der Waals surface area contributed by atoms with Crippen molar-refractivity contribution < 1.29 is 32.3 Å². The second-order valence-electron chi connectivity index (χ2n) is 12.9. The fourth-order valence-electron chi connectivity index (χ4n) is 6.61. The van der Waals surface area contributed by atoms with Crippen LogP contribution in [0, 0.1) is 17.9 Å². The highest BCUT2D eigenvalue weighted by Crippen LogP contribution is 2.47. The minimum absolute atomic E-state index is 0.120. The molecule has 4 atom stereocenters. The number of hydrogen-bond donors (Lipinski definition) is 3. The van der Waals surface area contributed by atoms with Gasteiger partial charge in [0.2, 0.25) is 11.8 Å². The van der Waals surface area contributed by atoms with Crippen LogP contribution in [0.1, 0.15) is 77.7 Å². The van der Waals surface area contributed by atoms with Crippen LogP contribution in [-0.2, 0) is 24.6 Å². The summed E-state index contributed by atoms with van der Waals surface area (Å²) in [7, 11) is 0. The van der Waals surface area contributed by atoms with Crippen LogP contribution in [0.15, 0.2) is 24.3 Å². The average molecular weight is 591 g/mol. The largest absolute Gasteiger partial charge is 0.471 e. The molecule has 1 spiro atoms. The van der Waals surface area contributed by atoms with E-state index in [4.69, 9.17) is 6.57 Å². The number of hydrogen-bond acceptors (Lipinski definition) is 4. The molecule has 1 saturated heterocycles. The zero-order valence-corrected chi connectivity index (χ0v) is 24.2. The summed E-state index contributed by atoms with van der Waals surface area (Å²) in [5, 5.41) is 7.37. The van der Waals surface area contributed by atoms with Crippen LogP contribution in [0.4, 0.5) is 18.9 Å². The van der Waals surface area contributed by atoms with Crippen LogP contribution >= 0.6 is 0 Å². The molecule has 3 aliphatic rings. The fourth-order valence-corrected chi connectivity index (χ4v) is 6.61. The monoisotopic (exact) mass is 590 g/mol. The Bertz CT molecular complexity index is 1260. The van der Waals surface area contributed by atoms with Gasteiger partial charge >= 0.3 is 18.2 Å². The summed E-state index contributed by atoms with van der Waals surface area (Å²) in [6.07, 6.45) is -0.505. The molecule has 1 aliphatic carbocycles. The van der Waals surface area contributed by atoms with E-state index in [1.807, 2.05) is 17.4 Å². The van der Waals surface area contributed by atoms with Crippen LogP contribution in [0.3, 0.4) is 0 Å². The minimum Gasteiger partial charge on any atom is -0.342 e. The topological polar surface area (TPSA) is 112 Å². The first-order chi connectivity index (χ1) is 19.6. The van der Waals surface area contributed by atoms with Crippen molar-refractivity contribution in [1.29, 1.82) is 0 Å². The Morgan fingerprint density at radius 3 is 2.40 bits per heavy atom. The minimum atomic E-state index is -5.18. The number of nitrogens with one attached hydrogen (secondary N) is 3. The maximum absolute atomic E-state index is 14.2. The van der Waals surface area contributed by atoms with E-state index in [2.05, 4.69) is 15.5 Å². The van der Waals surface area contributed by atoms with Gasteiger partial charge in [-0.15, -0.1) is 0 Å². The normalized spacial score (nSPS) is 24.3. The van der Waals surface area contributed by atoms with Gasteiger partial charge in [-0.1, -0.05) is 75.9 Å². The molecule has 3 N–H and O–H groups in total. The van der Waals surface area contributed by atoms with E-state index >= 15 is 0 Å². The lowest BCUT2D eigenvalue weighted by molar-refractivity contribution is -0.175. The summed E-state index contributed by atoms with van der Waals surface area (Å²) in [5.41, 5.74) is -0.311. The fraction of sp³-hybridized carbons (Fsp3) is 0.633. The van der Waals surface area contributed by atoms with Crippen LogP contribution in [-0.4, -0.2) is 59.5 Å². The van der Waals surface area contributed by atoms with Crippen molar-refractivity contribution in [3.63, 3.8) is 0 Å². The molecule has 1 unspecified atom stereocenters. The summed E-state index contributed by atoms with van der Waals surface area (Å²) in [6.45, 7) is 10.5. The molecule has 1 aromatic carbocycles. The lowest BCUT2D eigenvalue weighted by atomic mass is 9.73. The van der Waals surface area contributed by atoms with Gasteiger partial charge in [-0.2, -0.15) is 13.2 Å². The predicted molar refractivity (Wildman–Crippen MR) is 150 cm³/mol. The number of benzene rings is 1. The third-order valence-corrected chi connectivity index (χ3v) is 8.70. The number of carbonyl (C=O) groups excluding carboxylic acids is 4. The van der Waals surface area contributed by atoms with E-state index < -0.39 is 53.0 Å². The van der Waals surface area contributed by atoms with Gasteiger partial charge in [-0.25, -0.2) is 0 Å². The number of carbonyl (C=O) groups is 4. The quantitative estimate of drug-likeness (QED) is 0.458. The van der Waals surface area contributed by atoms with Crippen molar-refractivity contribution in [3.8, 4) is 6.57 Å². The smallest absolute Gasteiger partial charge is 0.342 e. The van der Waals surface area contributed by atoms with Crippen LogP contribution < -0.4 is 16.0 Å². The van der Waals surface area contributed by atoms with Gasteiger partial charge in [0.1, 0.15) is 12.1 Å². The van der Waals surface area contributed by atoms with Crippen LogP contribution in [0.25, 0.3) is 4.85 Å².